The van der Waals surface area contributed by atoms with Gasteiger partial charge >= 0.3 is 11.9 Å². The van der Waals surface area contributed by atoms with Gasteiger partial charge in [0.05, 0.1) is 12.5 Å². The number of carboxylic acids is 1. The first kappa shape index (κ1) is 14.3. The van der Waals surface area contributed by atoms with Gasteiger partial charge in [0.1, 0.15) is 5.75 Å². The van der Waals surface area contributed by atoms with Crippen LogP contribution in [0.1, 0.15) is 16.1 Å². The number of aliphatic carboxylic acids is 1. The summed E-state index contributed by atoms with van der Waals surface area (Å²) in [4.78, 5) is 21.9. The van der Waals surface area contributed by atoms with Crippen LogP contribution in [0.25, 0.3) is 0 Å². The number of rotatable bonds is 6. The minimum absolute atomic E-state index is 0.171. The first-order valence-corrected chi connectivity index (χ1v) is 5.97. The third kappa shape index (κ3) is 4.50. The highest BCUT2D eigenvalue weighted by Gasteiger charge is 2.05. The van der Waals surface area contributed by atoms with E-state index in [4.69, 9.17) is 14.3 Å². The molecule has 0 unspecified atom stereocenters. The number of amides is 1. The zero-order chi connectivity index (χ0) is 15.1. The molecule has 108 valence electrons. The van der Waals surface area contributed by atoms with Crippen LogP contribution in [0.5, 0.6) is 5.75 Å². The molecule has 0 aliphatic heterocycles. The van der Waals surface area contributed by atoms with E-state index >= 15 is 0 Å². The topological polar surface area (TPSA) is 101 Å². The van der Waals surface area contributed by atoms with Gasteiger partial charge in [-0.2, -0.15) is 5.10 Å². The second-order valence-electron chi connectivity index (χ2n) is 3.93. The van der Waals surface area contributed by atoms with Crippen LogP contribution in [-0.2, 0) is 4.79 Å². The molecule has 1 aromatic heterocycles. The standard InChI is InChI=1S/C14H12N2O5/c17-13(18)9-21-11-5-3-10(4-6-11)8-15-16-14(19)12-2-1-7-20-12/h1-8H,9H2,(H,16,19)(H,17,18)/b15-8-. The van der Waals surface area contributed by atoms with Crippen molar-refractivity contribution in [1.29, 1.82) is 0 Å². The summed E-state index contributed by atoms with van der Waals surface area (Å²) in [5.74, 6) is -0.877. The van der Waals surface area contributed by atoms with E-state index in [0.717, 1.165) is 5.56 Å². The molecule has 7 nitrogen and oxygen atoms in total. The number of carboxylic acid groups (broad SMARTS) is 1. The molecule has 1 amide bonds. The summed E-state index contributed by atoms with van der Waals surface area (Å²) < 4.78 is 9.90. The number of hydrogen-bond donors (Lipinski definition) is 2. The Bertz CT molecular complexity index is 632. The Morgan fingerprint density at radius 2 is 2.05 bits per heavy atom. The summed E-state index contributed by atoms with van der Waals surface area (Å²) in [6.07, 6.45) is 2.84. The van der Waals surface area contributed by atoms with Gasteiger partial charge < -0.3 is 14.3 Å². The minimum Gasteiger partial charge on any atom is -0.482 e. The van der Waals surface area contributed by atoms with Gasteiger partial charge in [-0.25, -0.2) is 10.2 Å². The number of ether oxygens (including phenoxy) is 1. The van der Waals surface area contributed by atoms with E-state index in [9.17, 15) is 9.59 Å². The van der Waals surface area contributed by atoms with E-state index in [1.807, 2.05) is 0 Å². The normalized spacial score (nSPS) is 10.5. The van der Waals surface area contributed by atoms with Crippen molar-refractivity contribution < 1.29 is 23.8 Å². The molecular formula is C14H12N2O5. The van der Waals surface area contributed by atoms with Crippen LogP contribution in [0.4, 0.5) is 0 Å². The summed E-state index contributed by atoms with van der Waals surface area (Å²) in [5.41, 5.74) is 3.04. The monoisotopic (exact) mass is 288 g/mol. The van der Waals surface area contributed by atoms with E-state index in [0.29, 0.717) is 5.75 Å². The molecular weight excluding hydrogens is 276 g/mol. The Morgan fingerprint density at radius 1 is 1.29 bits per heavy atom. The number of benzene rings is 1. The molecule has 1 aromatic carbocycles. The number of nitrogens with zero attached hydrogens (tertiary/aromatic N) is 1. The maximum absolute atomic E-state index is 11.5. The number of hydrazone groups is 1. The highest BCUT2D eigenvalue weighted by atomic mass is 16.5. The predicted octanol–water partition coefficient (Wildman–Crippen LogP) is 1.51. The molecule has 0 saturated heterocycles. The van der Waals surface area contributed by atoms with Gasteiger partial charge in [0.25, 0.3) is 0 Å². The smallest absolute Gasteiger partial charge is 0.341 e. The second-order valence-corrected chi connectivity index (χ2v) is 3.93. The fraction of sp³-hybridized carbons (Fsp3) is 0.0714. The quantitative estimate of drug-likeness (QED) is 0.619. The summed E-state index contributed by atoms with van der Waals surface area (Å²) in [5, 5.41) is 12.3. The summed E-state index contributed by atoms with van der Waals surface area (Å²) in [6, 6.07) is 9.71. The van der Waals surface area contributed by atoms with Crippen LogP contribution in [0.3, 0.4) is 0 Å². The molecule has 2 N–H and O–H groups in total. The molecule has 0 aliphatic rings. The summed E-state index contributed by atoms with van der Waals surface area (Å²) >= 11 is 0. The molecule has 0 aliphatic carbocycles. The van der Waals surface area contributed by atoms with Crippen molar-refractivity contribution in [2.24, 2.45) is 5.10 Å². The zero-order valence-corrected chi connectivity index (χ0v) is 10.9. The molecule has 2 rings (SSSR count). The van der Waals surface area contributed by atoms with E-state index in [1.165, 1.54) is 18.5 Å². The van der Waals surface area contributed by atoms with Crippen molar-refractivity contribution in [2.75, 3.05) is 6.61 Å². The van der Waals surface area contributed by atoms with E-state index in [2.05, 4.69) is 10.5 Å². The number of carbonyl (C=O) groups is 2. The molecule has 2 aromatic rings. The zero-order valence-electron chi connectivity index (χ0n) is 10.9. The fourth-order valence-corrected chi connectivity index (χ4v) is 1.42. The number of carbonyl (C=O) groups excluding carboxylic acids is 1. The number of hydrogen-bond acceptors (Lipinski definition) is 5. The van der Waals surface area contributed by atoms with Crippen LogP contribution in [0, 0.1) is 0 Å². The van der Waals surface area contributed by atoms with Crippen LogP contribution in [-0.4, -0.2) is 29.8 Å². The second kappa shape index (κ2) is 6.90. The van der Waals surface area contributed by atoms with Crippen LogP contribution < -0.4 is 10.2 Å². The lowest BCUT2D eigenvalue weighted by Gasteiger charge is -2.02. The first-order chi connectivity index (χ1) is 10.1. The van der Waals surface area contributed by atoms with Crippen LogP contribution in [0.15, 0.2) is 52.2 Å². The van der Waals surface area contributed by atoms with Gasteiger partial charge in [-0.1, -0.05) is 0 Å². The van der Waals surface area contributed by atoms with Crippen LogP contribution >= 0.6 is 0 Å². The predicted molar refractivity (Wildman–Crippen MR) is 73.3 cm³/mol. The number of nitrogens with one attached hydrogen (secondary N) is 1. The van der Waals surface area contributed by atoms with Crippen molar-refractivity contribution in [3.63, 3.8) is 0 Å². The Morgan fingerprint density at radius 3 is 2.67 bits per heavy atom. The molecule has 0 spiro atoms. The Kier molecular flexibility index (Phi) is 4.70. The van der Waals surface area contributed by atoms with Crippen molar-refractivity contribution in [2.45, 2.75) is 0 Å². The molecule has 21 heavy (non-hydrogen) atoms. The maximum atomic E-state index is 11.5. The average molecular weight is 288 g/mol. The third-order valence-corrected chi connectivity index (χ3v) is 2.37. The summed E-state index contributed by atoms with van der Waals surface area (Å²) in [6.45, 7) is -0.396. The Balaban J connectivity index is 1.86. The molecule has 0 atom stereocenters. The maximum Gasteiger partial charge on any atom is 0.341 e. The van der Waals surface area contributed by atoms with Gasteiger partial charge in [0.15, 0.2) is 12.4 Å². The van der Waals surface area contributed by atoms with E-state index < -0.39 is 18.5 Å². The van der Waals surface area contributed by atoms with Gasteiger partial charge in [-0.3, -0.25) is 4.79 Å². The van der Waals surface area contributed by atoms with E-state index in [-0.39, 0.29) is 5.76 Å². The molecule has 1 heterocycles. The van der Waals surface area contributed by atoms with Crippen molar-refractivity contribution in [3.05, 3.63) is 54.0 Å². The first-order valence-electron chi connectivity index (χ1n) is 5.97. The molecule has 7 heteroatoms. The van der Waals surface area contributed by atoms with Gasteiger partial charge in [0, 0.05) is 0 Å². The van der Waals surface area contributed by atoms with Gasteiger partial charge in [-0.15, -0.1) is 0 Å². The van der Waals surface area contributed by atoms with E-state index in [1.54, 1.807) is 30.3 Å². The van der Waals surface area contributed by atoms with Gasteiger partial charge in [0.2, 0.25) is 0 Å². The summed E-state index contributed by atoms with van der Waals surface area (Å²) in [7, 11) is 0. The largest absolute Gasteiger partial charge is 0.482 e. The Labute approximate surface area is 119 Å². The lowest BCUT2D eigenvalue weighted by Crippen LogP contribution is -2.16. The number of furan rings is 1. The van der Waals surface area contributed by atoms with Crippen molar-refractivity contribution in [1.82, 2.24) is 5.43 Å². The lowest BCUT2D eigenvalue weighted by molar-refractivity contribution is -0.139. The Hall–Kier alpha value is -3.09. The fourth-order valence-electron chi connectivity index (χ4n) is 1.42. The third-order valence-electron chi connectivity index (χ3n) is 2.37. The average Bonchev–Trinajstić information content (AvgIpc) is 3.00. The lowest BCUT2D eigenvalue weighted by atomic mass is 10.2. The van der Waals surface area contributed by atoms with Crippen molar-refractivity contribution >= 4 is 18.1 Å². The highest BCUT2D eigenvalue weighted by Crippen LogP contribution is 2.10. The minimum atomic E-state index is -1.04. The molecule has 0 bridgehead atoms. The van der Waals surface area contributed by atoms with Crippen molar-refractivity contribution in [3.8, 4) is 5.75 Å². The SMILES string of the molecule is O=C(O)COc1ccc(/C=N\NC(=O)c2ccco2)cc1. The van der Waals surface area contributed by atoms with Crippen LogP contribution in [0.2, 0.25) is 0 Å². The molecule has 0 fully saturated rings. The highest BCUT2D eigenvalue weighted by molar-refractivity contribution is 5.92. The van der Waals surface area contributed by atoms with Gasteiger partial charge in [-0.05, 0) is 42.0 Å². The molecule has 0 radical (unpaired) electrons. The molecule has 0 saturated carbocycles.